The SMILES string of the molecule is COc1cc(N2CC(N3CCN(C(=O)OC(C)(C)C)CC3)C2)ccc1[N+](=O)[O-]. The Labute approximate surface area is 164 Å². The number of ether oxygens (including phenoxy) is 2. The first-order valence-corrected chi connectivity index (χ1v) is 9.47. The van der Waals surface area contributed by atoms with Crippen LogP contribution in [0.2, 0.25) is 0 Å². The molecule has 0 spiro atoms. The number of carbonyl (C=O) groups is 1. The molecule has 2 fully saturated rings. The van der Waals surface area contributed by atoms with Crippen LogP contribution in [0, 0.1) is 10.1 Å². The molecule has 1 aromatic carbocycles. The summed E-state index contributed by atoms with van der Waals surface area (Å²) in [7, 11) is 1.44. The second kappa shape index (κ2) is 7.83. The van der Waals surface area contributed by atoms with Gasteiger partial charge in [-0.1, -0.05) is 0 Å². The Bertz CT molecular complexity index is 734. The van der Waals surface area contributed by atoms with Gasteiger partial charge in [0.15, 0.2) is 5.75 Å². The van der Waals surface area contributed by atoms with Crippen LogP contribution in [0.3, 0.4) is 0 Å². The molecule has 2 saturated heterocycles. The van der Waals surface area contributed by atoms with E-state index in [9.17, 15) is 14.9 Å². The van der Waals surface area contributed by atoms with Crippen LogP contribution in [0.25, 0.3) is 0 Å². The maximum atomic E-state index is 12.2. The number of anilines is 1. The summed E-state index contributed by atoms with van der Waals surface area (Å²) in [5.74, 6) is 0.275. The van der Waals surface area contributed by atoms with Gasteiger partial charge in [-0.3, -0.25) is 15.0 Å². The number of hydrogen-bond donors (Lipinski definition) is 0. The molecule has 0 saturated carbocycles. The number of nitro benzene ring substituents is 1. The Hall–Kier alpha value is -2.55. The minimum atomic E-state index is -0.478. The Morgan fingerprint density at radius 3 is 2.36 bits per heavy atom. The van der Waals surface area contributed by atoms with Gasteiger partial charge in [-0.05, 0) is 26.8 Å². The van der Waals surface area contributed by atoms with Gasteiger partial charge in [0.1, 0.15) is 5.60 Å². The number of methoxy groups -OCH3 is 1. The van der Waals surface area contributed by atoms with E-state index in [1.165, 1.54) is 13.2 Å². The highest BCUT2D eigenvalue weighted by molar-refractivity contribution is 5.68. The zero-order valence-corrected chi connectivity index (χ0v) is 16.9. The van der Waals surface area contributed by atoms with Crippen LogP contribution < -0.4 is 9.64 Å². The van der Waals surface area contributed by atoms with Gasteiger partial charge in [-0.2, -0.15) is 0 Å². The molecular weight excluding hydrogens is 364 g/mol. The summed E-state index contributed by atoms with van der Waals surface area (Å²) in [4.78, 5) is 29.1. The Kier molecular flexibility index (Phi) is 5.64. The van der Waals surface area contributed by atoms with Crippen molar-refractivity contribution in [2.24, 2.45) is 0 Å². The summed E-state index contributed by atoms with van der Waals surface area (Å²) < 4.78 is 10.6. The van der Waals surface area contributed by atoms with E-state index in [0.29, 0.717) is 19.1 Å². The molecule has 0 aliphatic carbocycles. The molecule has 3 rings (SSSR count). The molecule has 0 unspecified atom stereocenters. The van der Waals surface area contributed by atoms with Gasteiger partial charge >= 0.3 is 11.8 Å². The predicted molar refractivity (Wildman–Crippen MR) is 105 cm³/mol. The summed E-state index contributed by atoms with van der Waals surface area (Å²) in [5, 5.41) is 11.0. The number of nitro groups is 1. The molecule has 0 N–H and O–H groups in total. The standard InChI is InChI=1S/C19H28N4O5/c1-19(2,3)28-18(24)21-9-7-20(8-10-21)15-12-22(13-15)14-5-6-16(23(25)26)17(11-14)27-4/h5-6,11,15H,7-10,12-13H2,1-4H3. The van der Waals surface area contributed by atoms with Crippen LogP contribution in [0.4, 0.5) is 16.2 Å². The predicted octanol–water partition coefficient (Wildman–Crippen LogP) is 2.34. The third-order valence-corrected chi connectivity index (χ3v) is 5.07. The molecular formula is C19H28N4O5. The minimum absolute atomic E-state index is 0.0263. The van der Waals surface area contributed by atoms with Crippen LogP contribution >= 0.6 is 0 Å². The first-order chi connectivity index (χ1) is 13.2. The van der Waals surface area contributed by atoms with Crippen molar-refractivity contribution in [2.75, 3.05) is 51.3 Å². The summed E-state index contributed by atoms with van der Waals surface area (Å²) in [5.41, 5.74) is 0.418. The topological polar surface area (TPSA) is 88.4 Å². The summed E-state index contributed by atoms with van der Waals surface area (Å²) in [6, 6.07) is 5.38. The van der Waals surface area contributed by atoms with E-state index in [2.05, 4.69) is 9.80 Å². The molecule has 2 aliphatic heterocycles. The summed E-state index contributed by atoms with van der Waals surface area (Å²) in [6.45, 7) is 10.3. The normalized spacial score (nSPS) is 18.6. The van der Waals surface area contributed by atoms with Crippen LogP contribution in [0.15, 0.2) is 18.2 Å². The highest BCUT2D eigenvalue weighted by Gasteiger charge is 2.35. The fourth-order valence-electron chi connectivity index (χ4n) is 3.51. The lowest BCUT2D eigenvalue weighted by Crippen LogP contribution is -2.63. The lowest BCUT2D eigenvalue weighted by atomic mass is 10.0. The summed E-state index contributed by atoms with van der Waals surface area (Å²) in [6.07, 6.45) is -0.250. The third kappa shape index (κ3) is 4.46. The van der Waals surface area contributed by atoms with Crippen LogP contribution in [-0.2, 0) is 4.74 Å². The van der Waals surface area contributed by atoms with Crippen LogP contribution in [0.1, 0.15) is 20.8 Å². The van der Waals surface area contributed by atoms with Crippen molar-refractivity contribution in [1.82, 2.24) is 9.80 Å². The van der Waals surface area contributed by atoms with Gasteiger partial charge in [-0.25, -0.2) is 4.79 Å². The smallest absolute Gasteiger partial charge is 0.410 e. The third-order valence-electron chi connectivity index (χ3n) is 5.07. The van der Waals surface area contributed by atoms with Gasteiger partial charge < -0.3 is 19.3 Å². The molecule has 0 radical (unpaired) electrons. The molecule has 1 amide bonds. The Morgan fingerprint density at radius 1 is 1.18 bits per heavy atom. The first kappa shape index (κ1) is 20.2. The van der Waals surface area contributed by atoms with Crippen molar-refractivity contribution >= 4 is 17.5 Å². The molecule has 0 atom stereocenters. The second-order valence-corrected chi connectivity index (χ2v) is 8.18. The number of amides is 1. The number of benzene rings is 1. The zero-order valence-electron chi connectivity index (χ0n) is 16.9. The fourth-order valence-corrected chi connectivity index (χ4v) is 3.51. The van der Waals surface area contributed by atoms with Gasteiger partial charge in [0.25, 0.3) is 0 Å². The van der Waals surface area contributed by atoms with E-state index in [1.54, 1.807) is 17.0 Å². The minimum Gasteiger partial charge on any atom is -0.490 e. The maximum absolute atomic E-state index is 12.2. The molecule has 0 aromatic heterocycles. The Balaban J connectivity index is 1.50. The van der Waals surface area contributed by atoms with Crippen molar-refractivity contribution in [1.29, 1.82) is 0 Å². The van der Waals surface area contributed by atoms with E-state index in [1.807, 2.05) is 20.8 Å². The molecule has 2 aliphatic rings. The lowest BCUT2D eigenvalue weighted by Gasteiger charge is -2.49. The van der Waals surface area contributed by atoms with Crippen molar-refractivity contribution in [3.05, 3.63) is 28.3 Å². The Morgan fingerprint density at radius 2 is 1.82 bits per heavy atom. The molecule has 9 heteroatoms. The van der Waals surface area contributed by atoms with E-state index < -0.39 is 10.5 Å². The van der Waals surface area contributed by atoms with Crippen molar-refractivity contribution in [3.8, 4) is 5.75 Å². The molecule has 154 valence electrons. The number of carbonyl (C=O) groups excluding carboxylic acids is 1. The lowest BCUT2D eigenvalue weighted by molar-refractivity contribution is -0.385. The van der Waals surface area contributed by atoms with Crippen molar-refractivity contribution < 1.29 is 19.2 Å². The first-order valence-electron chi connectivity index (χ1n) is 9.47. The van der Waals surface area contributed by atoms with Crippen molar-refractivity contribution in [3.63, 3.8) is 0 Å². The van der Waals surface area contributed by atoms with Gasteiger partial charge in [-0.15, -0.1) is 0 Å². The molecule has 1 aromatic rings. The number of hydrogen-bond acceptors (Lipinski definition) is 7. The van der Waals surface area contributed by atoms with Crippen LogP contribution in [0.5, 0.6) is 5.75 Å². The number of nitrogens with zero attached hydrogens (tertiary/aromatic N) is 4. The highest BCUT2D eigenvalue weighted by Crippen LogP contribution is 2.33. The monoisotopic (exact) mass is 392 g/mol. The largest absolute Gasteiger partial charge is 0.490 e. The van der Waals surface area contributed by atoms with Gasteiger partial charge in [0.2, 0.25) is 0 Å². The molecule has 28 heavy (non-hydrogen) atoms. The maximum Gasteiger partial charge on any atom is 0.410 e. The van der Waals surface area contributed by atoms with E-state index in [4.69, 9.17) is 9.47 Å². The number of piperazine rings is 1. The molecule has 9 nitrogen and oxygen atoms in total. The van der Waals surface area contributed by atoms with Gasteiger partial charge in [0, 0.05) is 63.1 Å². The van der Waals surface area contributed by atoms with E-state index in [0.717, 1.165) is 31.9 Å². The fraction of sp³-hybridized carbons (Fsp3) is 0.632. The van der Waals surface area contributed by atoms with E-state index >= 15 is 0 Å². The number of rotatable bonds is 4. The second-order valence-electron chi connectivity index (χ2n) is 8.18. The van der Waals surface area contributed by atoms with Crippen molar-refractivity contribution in [2.45, 2.75) is 32.4 Å². The highest BCUT2D eigenvalue weighted by atomic mass is 16.6. The van der Waals surface area contributed by atoms with Crippen LogP contribution in [-0.4, -0.2) is 78.8 Å². The van der Waals surface area contributed by atoms with Gasteiger partial charge in [0.05, 0.1) is 12.0 Å². The molecule has 0 bridgehead atoms. The average Bonchev–Trinajstić information content (AvgIpc) is 2.59. The quantitative estimate of drug-likeness (QED) is 0.574. The average molecular weight is 392 g/mol. The van der Waals surface area contributed by atoms with E-state index in [-0.39, 0.29) is 17.5 Å². The summed E-state index contributed by atoms with van der Waals surface area (Å²) >= 11 is 0. The molecule has 2 heterocycles. The zero-order chi connectivity index (χ0) is 20.5.